The molecule has 1 aliphatic rings. The number of benzene rings is 1. The van der Waals surface area contributed by atoms with Gasteiger partial charge in [-0.05, 0) is 30.0 Å². The van der Waals surface area contributed by atoms with Crippen molar-refractivity contribution >= 4 is 32.8 Å². The number of carbonyl (C=O) groups is 1. The van der Waals surface area contributed by atoms with Gasteiger partial charge in [-0.1, -0.05) is 12.1 Å². The second-order valence-corrected chi connectivity index (χ2v) is 7.80. The van der Waals surface area contributed by atoms with Crippen LogP contribution in [-0.4, -0.2) is 25.2 Å². The van der Waals surface area contributed by atoms with Gasteiger partial charge in [-0.15, -0.1) is 11.3 Å². The SMILES string of the molecule is O=C(O)c1ccccc1N=c1ccsc2c1CCS2(=O)=O. The van der Waals surface area contributed by atoms with Crippen molar-refractivity contribution in [2.45, 2.75) is 10.6 Å². The zero-order chi connectivity index (χ0) is 15.0. The van der Waals surface area contributed by atoms with Gasteiger partial charge < -0.3 is 5.11 Å². The number of carboxylic acids is 1. The first-order chi connectivity index (χ1) is 9.99. The molecule has 0 spiro atoms. The van der Waals surface area contributed by atoms with Crippen molar-refractivity contribution in [2.75, 3.05) is 5.75 Å². The Morgan fingerprint density at radius 1 is 1.24 bits per heavy atom. The number of carboxylic acid groups (broad SMARTS) is 1. The van der Waals surface area contributed by atoms with Crippen LogP contribution in [0.3, 0.4) is 0 Å². The molecule has 2 heterocycles. The van der Waals surface area contributed by atoms with Crippen LogP contribution in [0.5, 0.6) is 0 Å². The lowest BCUT2D eigenvalue weighted by Gasteiger charge is -2.01. The molecule has 1 aromatic carbocycles. The van der Waals surface area contributed by atoms with Gasteiger partial charge in [-0.3, -0.25) is 0 Å². The van der Waals surface area contributed by atoms with Gasteiger partial charge in [-0.2, -0.15) is 0 Å². The van der Waals surface area contributed by atoms with Gasteiger partial charge in [0, 0.05) is 5.56 Å². The van der Waals surface area contributed by atoms with E-state index >= 15 is 0 Å². The third-order valence-corrected chi connectivity index (χ3v) is 6.57. The molecular formula is C14H11NO4S2. The van der Waals surface area contributed by atoms with Gasteiger partial charge in [-0.25, -0.2) is 18.2 Å². The van der Waals surface area contributed by atoms with Crippen molar-refractivity contribution < 1.29 is 18.3 Å². The second-order valence-electron chi connectivity index (χ2n) is 4.57. The molecule has 0 unspecified atom stereocenters. The van der Waals surface area contributed by atoms with Crippen LogP contribution in [0.1, 0.15) is 15.9 Å². The van der Waals surface area contributed by atoms with Crippen LogP contribution in [0.15, 0.2) is 44.9 Å². The highest BCUT2D eigenvalue weighted by Gasteiger charge is 2.28. The standard InChI is InChI=1S/C14H11NO4S2/c16-13(17)9-3-1-2-4-11(9)15-12-5-7-20-14-10(12)6-8-21(14,18)19/h1-5,7H,6,8H2,(H,16,17). The summed E-state index contributed by atoms with van der Waals surface area (Å²) in [4.78, 5) is 15.6. The van der Waals surface area contributed by atoms with Gasteiger partial charge >= 0.3 is 5.97 Å². The van der Waals surface area contributed by atoms with Crippen LogP contribution in [0, 0.1) is 0 Å². The average molecular weight is 321 g/mol. The van der Waals surface area contributed by atoms with Gasteiger partial charge in [0.25, 0.3) is 0 Å². The molecule has 1 aromatic heterocycles. The molecule has 0 amide bonds. The Kier molecular flexibility index (Phi) is 3.38. The number of para-hydroxylation sites is 1. The number of fused-ring (bicyclic) bond motifs is 1. The molecule has 1 aliphatic heterocycles. The predicted molar refractivity (Wildman–Crippen MR) is 78.7 cm³/mol. The van der Waals surface area contributed by atoms with E-state index in [2.05, 4.69) is 4.99 Å². The summed E-state index contributed by atoms with van der Waals surface area (Å²) < 4.78 is 24.2. The molecule has 2 aromatic rings. The monoisotopic (exact) mass is 321 g/mol. The van der Waals surface area contributed by atoms with Crippen LogP contribution in [0.4, 0.5) is 5.69 Å². The highest BCUT2D eigenvalue weighted by molar-refractivity contribution is 7.93. The number of hydrogen-bond acceptors (Lipinski definition) is 5. The maximum Gasteiger partial charge on any atom is 0.337 e. The Morgan fingerprint density at radius 2 is 2.00 bits per heavy atom. The van der Waals surface area contributed by atoms with Crippen molar-refractivity contribution in [1.82, 2.24) is 0 Å². The minimum atomic E-state index is -3.20. The molecule has 0 bridgehead atoms. The van der Waals surface area contributed by atoms with Crippen LogP contribution in [0.25, 0.3) is 0 Å². The number of rotatable bonds is 2. The lowest BCUT2D eigenvalue weighted by Crippen LogP contribution is -2.08. The van der Waals surface area contributed by atoms with E-state index < -0.39 is 15.8 Å². The molecular weight excluding hydrogens is 310 g/mol. The Labute approximate surface area is 125 Å². The molecule has 0 fully saturated rings. The summed E-state index contributed by atoms with van der Waals surface area (Å²) >= 11 is 1.18. The van der Waals surface area contributed by atoms with E-state index in [0.29, 0.717) is 27.2 Å². The topological polar surface area (TPSA) is 83.8 Å². The van der Waals surface area contributed by atoms with Crippen molar-refractivity contribution in [2.24, 2.45) is 4.99 Å². The Morgan fingerprint density at radius 3 is 2.76 bits per heavy atom. The van der Waals surface area contributed by atoms with Gasteiger partial charge in [0.2, 0.25) is 0 Å². The highest BCUT2D eigenvalue weighted by atomic mass is 32.2. The lowest BCUT2D eigenvalue weighted by atomic mass is 10.2. The Bertz CT molecular complexity index is 897. The smallest absolute Gasteiger partial charge is 0.337 e. The maximum absolute atomic E-state index is 11.9. The summed E-state index contributed by atoms with van der Waals surface area (Å²) in [6.45, 7) is 0. The van der Waals surface area contributed by atoms with Crippen molar-refractivity contribution in [1.29, 1.82) is 0 Å². The van der Waals surface area contributed by atoms with Gasteiger partial charge in [0.1, 0.15) is 4.21 Å². The summed E-state index contributed by atoms with van der Waals surface area (Å²) in [5.41, 5.74) is 1.11. The molecule has 0 saturated carbocycles. The third kappa shape index (κ3) is 2.50. The van der Waals surface area contributed by atoms with Crippen LogP contribution in [0.2, 0.25) is 0 Å². The van der Waals surface area contributed by atoms with E-state index in [0.717, 1.165) is 0 Å². The third-order valence-electron chi connectivity index (χ3n) is 3.24. The summed E-state index contributed by atoms with van der Waals surface area (Å²) in [5.74, 6) is -0.969. The molecule has 0 saturated heterocycles. The summed E-state index contributed by atoms with van der Waals surface area (Å²) in [6.07, 6.45) is 0.420. The number of sulfone groups is 1. The first-order valence-electron chi connectivity index (χ1n) is 6.19. The maximum atomic E-state index is 11.9. The van der Waals surface area contributed by atoms with Crippen molar-refractivity contribution in [3.05, 3.63) is 52.2 Å². The molecule has 0 radical (unpaired) electrons. The quantitative estimate of drug-likeness (QED) is 0.917. The fourth-order valence-corrected chi connectivity index (χ4v) is 5.16. The van der Waals surface area contributed by atoms with E-state index in [1.807, 2.05) is 0 Å². The Hall–Kier alpha value is -1.99. The van der Waals surface area contributed by atoms with E-state index in [-0.39, 0.29) is 11.3 Å². The molecule has 0 aliphatic carbocycles. The normalized spacial score (nSPS) is 16.7. The summed E-state index contributed by atoms with van der Waals surface area (Å²) in [5, 5.41) is 11.4. The molecule has 3 rings (SSSR count). The fraction of sp³-hybridized carbons (Fsp3) is 0.143. The van der Waals surface area contributed by atoms with E-state index in [1.165, 1.54) is 17.4 Å². The zero-order valence-corrected chi connectivity index (χ0v) is 12.4. The number of nitrogens with zero attached hydrogens (tertiary/aromatic N) is 1. The predicted octanol–water partition coefficient (Wildman–Crippen LogP) is 2.01. The second kappa shape index (κ2) is 5.09. The van der Waals surface area contributed by atoms with Crippen LogP contribution < -0.4 is 5.36 Å². The first-order valence-corrected chi connectivity index (χ1v) is 8.73. The molecule has 5 nitrogen and oxygen atoms in total. The Balaban J connectivity index is 2.24. The van der Waals surface area contributed by atoms with Crippen molar-refractivity contribution in [3.63, 3.8) is 0 Å². The first kappa shape index (κ1) is 14.0. The minimum Gasteiger partial charge on any atom is -0.478 e. The molecule has 21 heavy (non-hydrogen) atoms. The minimum absolute atomic E-state index is 0.0892. The highest BCUT2D eigenvalue weighted by Crippen LogP contribution is 2.27. The van der Waals surface area contributed by atoms with Gasteiger partial charge in [0.05, 0.1) is 22.4 Å². The van der Waals surface area contributed by atoms with E-state index in [4.69, 9.17) is 5.11 Å². The van der Waals surface area contributed by atoms with E-state index in [1.54, 1.807) is 29.6 Å². The van der Waals surface area contributed by atoms with Crippen molar-refractivity contribution in [3.8, 4) is 0 Å². The fourth-order valence-electron chi connectivity index (χ4n) is 2.24. The zero-order valence-electron chi connectivity index (χ0n) is 10.8. The lowest BCUT2D eigenvalue weighted by molar-refractivity contribution is 0.0698. The largest absolute Gasteiger partial charge is 0.478 e. The van der Waals surface area contributed by atoms with Crippen LogP contribution in [-0.2, 0) is 16.3 Å². The van der Waals surface area contributed by atoms with Gasteiger partial charge in [0.15, 0.2) is 9.84 Å². The molecule has 0 atom stereocenters. The number of aromatic carboxylic acids is 1. The molecule has 7 heteroatoms. The summed E-state index contributed by atoms with van der Waals surface area (Å²) in [7, 11) is -3.20. The molecule has 108 valence electrons. The van der Waals surface area contributed by atoms with E-state index in [9.17, 15) is 13.2 Å². The number of hydrogen-bond donors (Lipinski definition) is 1. The van der Waals surface area contributed by atoms with Crippen LogP contribution >= 0.6 is 11.3 Å². The molecule has 1 N–H and O–H groups in total. The summed E-state index contributed by atoms with van der Waals surface area (Å²) in [6, 6.07) is 8.14. The average Bonchev–Trinajstić information content (AvgIpc) is 2.76.